The van der Waals surface area contributed by atoms with E-state index in [-0.39, 0.29) is 11.9 Å². The van der Waals surface area contributed by atoms with Gasteiger partial charge in [-0.1, -0.05) is 19.6 Å². The van der Waals surface area contributed by atoms with Gasteiger partial charge in [0.1, 0.15) is 12.2 Å². The molecule has 7 heteroatoms. The summed E-state index contributed by atoms with van der Waals surface area (Å²) in [5.41, 5.74) is 1.82. The summed E-state index contributed by atoms with van der Waals surface area (Å²) in [5.74, 6) is -0.133. The predicted molar refractivity (Wildman–Crippen MR) is 94.2 cm³/mol. The molecule has 0 aliphatic carbocycles. The lowest BCUT2D eigenvalue weighted by Gasteiger charge is -2.15. The van der Waals surface area contributed by atoms with Gasteiger partial charge in [-0.15, -0.1) is 0 Å². The van der Waals surface area contributed by atoms with Crippen molar-refractivity contribution in [1.82, 2.24) is 19.9 Å². The van der Waals surface area contributed by atoms with Gasteiger partial charge in [0, 0.05) is 39.3 Å². The van der Waals surface area contributed by atoms with Crippen LogP contribution in [0.3, 0.4) is 0 Å². The number of rotatable bonds is 7. The molecule has 0 unspecified atom stereocenters. The molecule has 1 amide bonds. The molecule has 2 aromatic heterocycles. The zero-order chi connectivity index (χ0) is 17.0. The maximum absolute atomic E-state index is 12.3. The minimum Gasteiger partial charge on any atom is -0.361 e. The van der Waals surface area contributed by atoms with Crippen LogP contribution in [0, 0.1) is 0 Å². The third-order valence-electron chi connectivity index (χ3n) is 3.38. The molecule has 0 fully saturated rings. The van der Waals surface area contributed by atoms with E-state index in [1.165, 1.54) is 0 Å². The summed E-state index contributed by atoms with van der Waals surface area (Å²) in [6.07, 6.45) is 5.01. The first-order chi connectivity index (χ1) is 10.8. The topological polar surface area (TPSA) is 69.0 Å². The number of nitrogens with one attached hydrogen (secondary N) is 1. The molecule has 0 aliphatic heterocycles. The Morgan fingerprint density at radius 1 is 1.30 bits per heavy atom. The summed E-state index contributed by atoms with van der Waals surface area (Å²) in [7, 11) is -1.11. The molecule has 0 bridgehead atoms. The summed E-state index contributed by atoms with van der Waals surface area (Å²) in [5, 5.41) is 2.90. The molecule has 0 saturated carbocycles. The van der Waals surface area contributed by atoms with Crippen LogP contribution < -0.4 is 5.32 Å². The number of amides is 1. The van der Waals surface area contributed by atoms with Crippen LogP contribution in [0.4, 0.5) is 0 Å². The van der Waals surface area contributed by atoms with Gasteiger partial charge >= 0.3 is 0 Å². The van der Waals surface area contributed by atoms with Crippen molar-refractivity contribution in [3.8, 4) is 0 Å². The Morgan fingerprint density at radius 3 is 2.65 bits per heavy atom. The largest absolute Gasteiger partial charge is 0.361 e. The highest BCUT2D eigenvalue weighted by Crippen LogP contribution is 2.17. The molecule has 0 aliphatic rings. The molecule has 6 nitrogen and oxygen atoms in total. The number of ether oxygens (including phenoxy) is 1. The summed E-state index contributed by atoms with van der Waals surface area (Å²) in [6, 6.07) is 1.18. The van der Waals surface area contributed by atoms with Crippen LogP contribution in [0.2, 0.25) is 25.7 Å². The Bertz CT molecular complexity index is 676. The maximum atomic E-state index is 12.3. The first-order valence-electron chi connectivity index (χ1n) is 7.96. The first kappa shape index (κ1) is 17.6. The highest BCUT2D eigenvalue weighted by Gasteiger charge is 2.18. The smallest absolute Gasteiger partial charge is 0.255 e. The summed E-state index contributed by atoms with van der Waals surface area (Å²) < 4.78 is 7.63. The number of carbonyl (C=O) groups excluding carboxylic acids is 1. The average Bonchev–Trinajstić information content (AvgIpc) is 2.81. The molecule has 23 heavy (non-hydrogen) atoms. The second-order valence-electron chi connectivity index (χ2n) is 7.22. The van der Waals surface area contributed by atoms with Crippen LogP contribution in [0.25, 0.3) is 11.2 Å². The van der Waals surface area contributed by atoms with Crippen LogP contribution in [0.5, 0.6) is 0 Å². The third kappa shape index (κ3) is 4.87. The van der Waals surface area contributed by atoms with Crippen LogP contribution in [0.1, 0.15) is 24.2 Å². The Hall–Kier alpha value is -1.73. The SMILES string of the molecule is CC(C)NC(=O)c1cn(COCC[Si](C)(C)C)c2nccnc12. The minimum atomic E-state index is -1.11. The number of hydrogen-bond acceptors (Lipinski definition) is 4. The van der Waals surface area contributed by atoms with Crippen molar-refractivity contribution in [2.75, 3.05) is 6.61 Å². The quantitative estimate of drug-likeness (QED) is 0.624. The van der Waals surface area contributed by atoms with Gasteiger partial charge in [0.2, 0.25) is 0 Å². The standard InChI is InChI=1S/C16H26N4O2Si/c1-12(2)19-16(21)13-10-20(11-22-8-9-23(3,4)5)15-14(13)17-6-7-18-15/h6-7,10,12H,8-9,11H2,1-5H3,(H,19,21). The fourth-order valence-corrected chi connectivity index (χ4v) is 2.91. The highest BCUT2D eigenvalue weighted by atomic mass is 28.3. The van der Waals surface area contributed by atoms with Crippen LogP contribution in [-0.2, 0) is 11.5 Å². The molecular weight excluding hydrogens is 308 g/mol. The van der Waals surface area contributed by atoms with Crippen molar-refractivity contribution in [2.45, 2.75) is 52.3 Å². The summed E-state index contributed by atoms with van der Waals surface area (Å²) in [6.45, 7) is 11.9. The first-order valence-corrected chi connectivity index (χ1v) is 11.7. The minimum absolute atomic E-state index is 0.0746. The molecule has 0 saturated heterocycles. The van der Waals surface area contributed by atoms with Crippen LogP contribution >= 0.6 is 0 Å². The van der Waals surface area contributed by atoms with Crippen molar-refractivity contribution in [1.29, 1.82) is 0 Å². The number of hydrogen-bond donors (Lipinski definition) is 1. The van der Waals surface area contributed by atoms with E-state index >= 15 is 0 Å². The van der Waals surface area contributed by atoms with E-state index in [0.29, 0.717) is 23.5 Å². The zero-order valence-corrected chi connectivity index (χ0v) is 15.6. The second-order valence-corrected chi connectivity index (χ2v) is 12.8. The second kappa shape index (κ2) is 7.23. The van der Waals surface area contributed by atoms with E-state index < -0.39 is 8.07 Å². The van der Waals surface area contributed by atoms with Gasteiger partial charge in [0.25, 0.3) is 5.91 Å². The molecule has 0 radical (unpaired) electrons. The molecule has 0 spiro atoms. The van der Waals surface area contributed by atoms with Gasteiger partial charge in [0.05, 0.1) is 5.56 Å². The average molecular weight is 334 g/mol. The van der Waals surface area contributed by atoms with Crippen molar-refractivity contribution in [3.05, 3.63) is 24.2 Å². The molecule has 2 rings (SSSR count). The molecular formula is C16H26N4O2Si. The molecule has 1 N–H and O–H groups in total. The fourth-order valence-electron chi connectivity index (χ4n) is 2.15. The van der Waals surface area contributed by atoms with Crippen LogP contribution in [0.15, 0.2) is 18.6 Å². The Morgan fingerprint density at radius 2 is 2.00 bits per heavy atom. The van der Waals surface area contributed by atoms with E-state index in [0.717, 1.165) is 12.7 Å². The maximum Gasteiger partial charge on any atom is 0.255 e. The van der Waals surface area contributed by atoms with E-state index in [4.69, 9.17) is 4.74 Å². The number of carbonyl (C=O) groups is 1. The molecule has 126 valence electrons. The molecule has 0 aromatic carbocycles. The van der Waals surface area contributed by atoms with Gasteiger partial charge < -0.3 is 14.6 Å². The van der Waals surface area contributed by atoms with Gasteiger partial charge in [-0.3, -0.25) is 9.78 Å². The zero-order valence-electron chi connectivity index (χ0n) is 14.6. The molecule has 0 atom stereocenters. The Labute approximate surface area is 138 Å². The number of fused-ring (bicyclic) bond motifs is 1. The van der Waals surface area contributed by atoms with Crippen molar-refractivity contribution < 1.29 is 9.53 Å². The van der Waals surface area contributed by atoms with E-state index in [1.54, 1.807) is 18.6 Å². The molecule has 2 aromatic rings. The Balaban J connectivity index is 2.15. The van der Waals surface area contributed by atoms with Crippen LogP contribution in [-0.4, -0.2) is 41.2 Å². The highest BCUT2D eigenvalue weighted by molar-refractivity contribution is 6.76. The van der Waals surface area contributed by atoms with Gasteiger partial charge in [-0.2, -0.15) is 0 Å². The van der Waals surface area contributed by atoms with E-state index in [1.807, 2.05) is 18.4 Å². The van der Waals surface area contributed by atoms with E-state index in [9.17, 15) is 4.79 Å². The fraction of sp³-hybridized carbons (Fsp3) is 0.562. The lowest BCUT2D eigenvalue weighted by molar-refractivity contribution is 0.0890. The number of nitrogens with zero attached hydrogens (tertiary/aromatic N) is 3. The monoisotopic (exact) mass is 334 g/mol. The predicted octanol–water partition coefficient (Wildman–Crippen LogP) is 2.88. The van der Waals surface area contributed by atoms with Gasteiger partial charge in [0.15, 0.2) is 5.65 Å². The van der Waals surface area contributed by atoms with Gasteiger partial charge in [-0.05, 0) is 19.9 Å². The normalized spacial score (nSPS) is 12.1. The lowest BCUT2D eigenvalue weighted by Crippen LogP contribution is -2.30. The lowest BCUT2D eigenvalue weighted by atomic mass is 10.2. The van der Waals surface area contributed by atoms with Gasteiger partial charge in [-0.25, -0.2) is 4.98 Å². The van der Waals surface area contributed by atoms with Crippen molar-refractivity contribution in [3.63, 3.8) is 0 Å². The van der Waals surface area contributed by atoms with E-state index in [2.05, 4.69) is 34.9 Å². The third-order valence-corrected chi connectivity index (χ3v) is 5.09. The Kier molecular flexibility index (Phi) is 5.54. The number of aromatic nitrogens is 3. The van der Waals surface area contributed by atoms with Crippen molar-refractivity contribution >= 4 is 25.1 Å². The van der Waals surface area contributed by atoms with Crippen molar-refractivity contribution in [2.24, 2.45) is 0 Å². The summed E-state index contributed by atoms with van der Waals surface area (Å²) >= 11 is 0. The summed E-state index contributed by atoms with van der Waals surface area (Å²) in [4.78, 5) is 21.0. The molecule has 2 heterocycles.